The first kappa shape index (κ1) is 13.6. The van der Waals surface area contributed by atoms with Crippen molar-refractivity contribution in [2.24, 2.45) is 0 Å². The maximum Gasteiger partial charge on any atom is 0.240 e. The Morgan fingerprint density at radius 2 is 2.39 bits per heavy atom. The van der Waals surface area contributed by atoms with Crippen LogP contribution in [-0.4, -0.2) is 55.0 Å². The predicted molar refractivity (Wildman–Crippen MR) is 73.2 cm³/mol. The van der Waals surface area contributed by atoms with Gasteiger partial charge in [0.15, 0.2) is 0 Å². The quantitative estimate of drug-likeness (QED) is 0.797. The van der Waals surface area contributed by atoms with E-state index < -0.39 is 0 Å². The van der Waals surface area contributed by atoms with Crippen molar-refractivity contribution in [3.63, 3.8) is 0 Å². The smallest absolute Gasteiger partial charge is 0.240 e. The number of likely N-dealkylation sites (N-methyl/N-ethyl adjacent to an activating group) is 2. The molecule has 1 aliphatic carbocycles. The molecule has 4 heteroatoms. The summed E-state index contributed by atoms with van der Waals surface area (Å²) in [5.41, 5.74) is 1.21. The van der Waals surface area contributed by atoms with Gasteiger partial charge in [0.1, 0.15) is 0 Å². The minimum atomic E-state index is 0.233. The minimum absolute atomic E-state index is 0.233. The number of amides is 1. The molecule has 0 aromatic carbocycles. The van der Waals surface area contributed by atoms with Gasteiger partial charge in [-0.2, -0.15) is 0 Å². The molecule has 2 rings (SSSR count). The average molecular weight is 251 g/mol. The van der Waals surface area contributed by atoms with Crippen LogP contribution in [0.4, 0.5) is 0 Å². The van der Waals surface area contributed by atoms with Crippen molar-refractivity contribution < 1.29 is 4.79 Å². The molecule has 0 radical (unpaired) electrons. The highest BCUT2D eigenvalue weighted by Gasteiger charge is 2.25. The number of hydrogen-bond donors (Lipinski definition) is 1. The molecule has 0 aromatic heterocycles. The highest BCUT2D eigenvalue weighted by atomic mass is 16.2. The van der Waals surface area contributed by atoms with Crippen molar-refractivity contribution in [2.75, 3.05) is 33.2 Å². The standard InChI is InChI=1S/C14H25N3O/c1-3-17(13-8-9-15-10-13)11-14(18)16(2)12-6-4-5-7-12/h6,13,15H,3-5,7-11H2,1-2H3. The van der Waals surface area contributed by atoms with Crippen LogP contribution in [0.1, 0.15) is 32.6 Å². The molecule has 0 bridgehead atoms. The summed E-state index contributed by atoms with van der Waals surface area (Å²) < 4.78 is 0. The summed E-state index contributed by atoms with van der Waals surface area (Å²) in [6.45, 7) is 5.74. The molecular weight excluding hydrogens is 226 g/mol. The first-order chi connectivity index (χ1) is 8.72. The Morgan fingerprint density at radius 3 is 2.94 bits per heavy atom. The fourth-order valence-corrected chi connectivity index (χ4v) is 2.85. The van der Waals surface area contributed by atoms with Crippen molar-refractivity contribution >= 4 is 5.91 Å². The summed E-state index contributed by atoms with van der Waals surface area (Å²) in [7, 11) is 1.92. The molecule has 102 valence electrons. The van der Waals surface area contributed by atoms with Gasteiger partial charge >= 0.3 is 0 Å². The van der Waals surface area contributed by atoms with E-state index in [1.54, 1.807) is 0 Å². The molecule has 1 heterocycles. The molecule has 1 amide bonds. The van der Waals surface area contributed by atoms with Gasteiger partial charge in [-0.15, -0.1) is 0 Å². The first-order valence-electron chi connectivity index (χ1n) is 7.12. The molecular formula is C14H25N3O. The van der Waals surface area contributed by atoms with E-state index in [2.05, 4.69) is 23.2 Å². The molecule has 0 saturated carbocycles. The van der Waals surface area contributed by atoms with Gasteiger partial charge in [-0.25, -0.2) is 0 Å². The summed E-state index contributed by atoms with van der Waals surface area (Å²) >= 11 is 0. The zero-order valence-electron chi connectivity index (χ0n) is 11.6. The lowest BCUT2D eigenvalue weighted by Crippen LogP contribution is -2.44. The van der Waals surface area contributed by atoms with Gasteiger partial charge in [0.2, 0.25) is 5.91 Å². The number of hydrogen-bond acceptors (Lipinski definition) is 3. The van der Waals surface area contributed by atoms with Crippen molar-refractivity contribution in [1.82, 2.24) is 15.1 Å². The van der Waals surface area contributed by atoms with Gasteiger partial charge in [0.25, 0.3) is 0 Å². The normalized spacial score (nSPS) is 23.5. The second-order valence-electron chi connectivity index (χ2n) is 5.25. The highest BCUT2D eigenvalue weighted by Crippen LogP contribution is 2.20. The molecule has 4 nitrogen and oxygen atoms in total. The maximum atomic E-state index is 12.3. The van der Waals surface area contributed by atoms with Gasteiger partial charge in [-0.3, -0.25) is 9.69 Å². The molecule has 1 aliphatic heterocycles. The third-order valence-electron chi connectivity index (χ3n) is 4.12. The summed E-state index contributed by atoms with van der Waals surface area (Å²) in [5, 5.41) is 3.37. The van der Waals surface area contributed by atoms with E-state index in [1.807, 2.05) is 11.9 Å². The van der Waals surface area contributed by atoms with Crippen LogP contribution in [-0.2, 0) is 4.79 Å². The minimum Gasteiger partial charge on any atom is -0.318 e. The van der Waals surface area contributed by atoms with Crippen LogP contribution in [0, 0.1) is 0 Å². The van der Waals surface area contributed by atoms with E-state index >= 15 is 0 Å². The molecule has 1 N–H and O–H groups in total. The Hall–Kier alpha value is -0.870. The van der Waals surface area contributed by atoms with Gasteiger partial charge in [-0.1, -0.05) is 13.0 Å². The molecule has 1 saturated heterocycles. The van der Waals surface area contributed by atoms with Crippen LogP contribution < -0.4 is 5.32 Å². The third-order valence-corrected chi connectivity index (χ3v) is 4.12. The van der Waals surface area contributed by atoms with E-state index in [9.17, 15) is 4.79 Å². The van der Waals surface area contributed by atoms with Gasteiger partial charge in [0.05, 0.1) is 6.54 Å². The molecule has 1 fully saturated rings. The van der Waals surface area contributed by atoms with Crippen LogP contribution in [0.15, 0.2) is 11.8 Å². The maximum absolute atomic E-state index is 12.3. The van der Waals surface area contributed by atoms with E-state index in [0.29, 0.717) is 12.6 Å². The Bertz CT molecular complexity index is 321. The van der Waals surface area contributed by atoms with Crippen LogP contribution >= 0.6 is 0 Å². The predicted octanol–water partition coefficient (Wildman–Crippen LogP) is 1.20. The summed E-state index contributed by atoms with van der Waals surface area (Å²) in [4.78, 5) is 16.4. The Morgan fingerprint density at radius 1 is 1.56 bits per heavy atom. The molecule has 1 atom stereocenters. The lowest BCUT2D eigenvalue weighted by Gasteiger charge is -2.28. The van der Waals surface area contributed by atoms with E-state index in [1.165, 1.54) is 12.1 Å². The second-order valence-corrected chi connectivity index (χ2v) is 5.25. The summed E-state index contributed by atoms with van der Waals surface area (Å²) in [6, 6.07) is 0.532. The van der Waals surface area contributed by atoms with Crippen molar-refractivity contribution in [3.8, 4) is 0 Å². The van der Waals surface area contributed by atoms with Crippen LogP contribution in [0.25, 0.3) is 0 Å². The Balaban J connectivity index is 1.88. The lowest BCUT2D eigenvalue weighted by molar-refractivity contribution is -0.129. The van der Waals surface area contributed by atoms with Crippen LogP contribution in [0.2, 0.25) is 0 Å². The number of nitrogens with one attached hydrogen (secondary N) is 1. The van der Waals surface area contributed by atoms with E-state index in [4.69, 9.17) is 0 Å². The fourth-order valence-electron chi connectivity index (χ4n) is 2.85. The zero-order valence-corrected chi connectivity index (χ0v) is 11.6. The topological polar surface area (TPSA) is 35.6 Å². The van der Waals surface area contributed by atoms with Crippen molar-refractivity contribution in [1.29, 1.82) is 0 Å². The lowest BCUT2D eigenvalue weighted by atomic mass is 10.2. The van der Waals surface area contributed by atoms with Gasteiger partial charge in [0, 0.05) is 25.3 Å². The van der Waals surface area contributed by atoms with Crippen LogP contribution in [0.5, 0.6) is 0 Å². The Kier molecular flexibility index (Phi) is 4.78. The zero-order chi connectivity index (χ0) is 13.0. The van der Waals surface area contributed by atoms with Crippen molar-refractivity contribution in [3.05, 3.63) is 11.8 Å². The van der Waals surface area contributed by atoms with Crippen molar-refractivity contribution in [2.45, 2.75) is 38.6 Å². The number of allylic oxidation sites excluding steroid dienone is 2. The largest absolute Gasteiger partial charge is 0.318 e. The van der Waals surface area contributed by atoms with E-state index in [0.717, 1.165) is 38.9 Å². The van der Waals surface area contributed by atoms with E-state index in [-0.39, 0.29) is 5.91 Å². The highest BCUT2D eigenvalue weighted by molar-refractivity contribution is 5.79. The Labute approximate surface area is 110 Å². The second kappa shape index (κ2) is 6.34. The van der Waals surface area contributed by atoms with Crippen LogP contribution in [0.3, 0.4) is 0 Å². The average Bonchev–Trinajstić information content (AvgIpc) is 3.06. The van der Waals surface area contributed by atoms with Gasteiger partial charge < -0.3 is 10.2 Å². The third kappa shape index (κ3) is 3.12. The molecule has 0 spiro atoms. The number of carbonyl (C=O) groups is 1. The molecule has 18 heavy (non-hydrogen) atoms. The number of nitrogens with zero attached hydrogens (tertiary/aromatic N) is 2. The fraction of sp³-hybridized carbons (Fsp3) is 0.786. The first-order valence-corrected chi connectivity index (χ1v) is 7.12. The molecule has 0 aromatic rings. The van der Waals surface area contributed by atoms with Gasteiger partial charge in [-0.05, 0) is 38.8 Å². The molecule has 1 unspecified atom stereocenters. The summed E-state index contributed by atoms with van der Waals surface area (Å²) in [6.07, 6.45) is 6.73. The monoisotopic (exact) mass is 251 g/mol. The SMILES string of the molecule is CCN(CC(=O)N(C)C1=CCCC1)C1CCNC1. The summed E-state index contributed by atoms with van der Waals surface area (Å²) in [5.74, 6) is 0.233. The molecule has 2 aliphatic rings. The number of rotatable bonds is 5. The number of carbonyl (C=O) groups excluding carboxylic acids is 1.